The summed E-state index contributed by atoms with van der Waals surface area (Å²) in [6, 6.07) is 2.90. The van der Waals surface area contributed by atoms with Crippen molar-refractivity contribution in [2.45, 2.75) is 13.0 Å². The molecular formula is C11H13NO4. The molecule has 0 fully saturated rings. The molecule has 1 aromatic rings. The van der Waals surface area contributed by atoms with Crippen LogP contribution in [0, 0.1) is 0 Å². The van der Waals surface area contributed by atoms with Gasteiger partial charge >= 0.3 is 5.97 Å². The predicted molar refractivity (Wildman–Crippen MR) is 56.4 cm³/mol. The van der Waals surface area contributed by atoms with E-state index in [1.54, 1.807) is 11.0 Å². The number of carbonyl (C=O) groups is 1. The van der Waals surface area contributed by atoms with Crippen LogP contribution in [0.4, 0.5) is 0 Å². The Labute approximate surface area is 92.6 Å². The minimum absolute atomic E-state index is 0.0280. The lowest BCUT2D eigenvalue weighted by molar-refractivity contribution is -0.138. The minimum atomic E-state index is -0.873. The largest absolute Gasteiger partial charge is 0.508 e. The average Bonchev–Trinajstić information content (AvgIpc) is 2.18. The molecule has 5 heteroatoms. The third-order valence-corrected chi connectivity index (χ3v) is 2.74. The molecular weight excluding hydrogens is 210 g/mol. The molecule has 16 heavy (non-hydrogen) atoms. The lowest BCUT2D eigenvalue weighted by Gasteiger charge is -2.27. The summed E-state index contributed by atoms with van der Waals surface area (Å²) < 4.78 is 0. The van der Waals surface area contributed by atoms with E-state index < -0.39 is 5.97 Å². The molecule has 2 rings (SSSR count). The standard InChI is InChI=1S/C11H13NO4/c13-8-3-7-1-2-12(6-11(15)16)5-9(7)10(14)4-8/h3-4,13-14H,1-2,5-6H2,(H,15,16). The van der Waals surface area contributed by atoms with E-state index in [-0.39, 0.29) is 18.0 Å². The Balaban J connectivity index is 2.23. The Morgan fingerprint density at radius 3 is 2.81 bits per heavy atom. The van der Waals surface area contributed by atoms with Crippen LogP contribution >= 0.6 is 0 Å². The number of nitrogens with zero attached hydrogens (tertiary/aromatic N) is 1. The van der Waals surface area contributed by atoms with Gasteiger partial charge in [-0.15, -0.1) is 0 Å². The first-order chi connectivity index (χ1) is 7.56. The molecule has 1 aromatic carbocycles. The van der Waals surface area contributed by atoms with E-state index in [1.807, 2.05) is 0 Å². The molecule has 86 valence electrons. The highest BCUT2D eigenvalue weighted by molar-refractivity contribution is 5.69. The van der Waals surface area contributed by atoms with Gasteiger partial charge in [0.25, 0.3) is 0 Å². The van der Waals surface area contributed by atoms with Gasteiger partial charge in [0.05, 0.1) is 6.54 Å². The van der Waals surface area contributed by atoms with Crippen molar-refractivity contribution in [3.05, 3.63) is 23.3 Å². The third kappa shape index (κ3) is 2.09. The first-order valence-electron chi connectivity index (χ1n) is 5.04. The zero-order valence-corrected chi connectivity index (χ0v) is 8.68. The Morgan fingerprint density at radius 2 is 2.12 bits per heavy atom. The molecule has 3 N–H and O–H groups in total. The number of hydrogen-bond donors (Lipinski definition) is 3. The number of fused-ring (bicyclic) bond motifs is 1. The molecule has 1 aliphatic heterocycles. The van der Waals surface area contributed by atoms with Crippen LogP contribution in [0.5, 0.6) is 11.5 Å². The number of aromatic hydroxyl groups is 2. The maximum atomic E-state index is 10.6. The summed E-state index contributed by atoms with van der Waals surface area (Å²) in [6.07, 6.45) is 0.643. The van der Waals surface area contributed by atoms with Gasteiger partial charge in [-0.05, 0) is 18.1 Å². The first-order valence-corrected chi connectivity index (χ1v) is 5.04. The summed E-state index contributed by atoms with van der Waals surface area (Å²) in [7, 11) is 0. The second-order valence-electron chi connectivity index (χ2n) is 3.96. The van der Waals surface area contributed by atoms with Crippen molar-refractivity contribution in [3.63, 3.8) is 0 Å². The van der Waals surface area contributed by atoms with E-state index in [4.69, 9.17) is 5.11 Å². The average molecular weight is 223 g/mol. The molecule has 0 bridgehead atoms. The van der Waals surface area contributed by atoms with Gasteiger partial charge in [0.1, 0.15) is 11.5 Å². The van der Waals surface area contributed by atoms with Crippen molar-refractivity contribution in [2.75, 3.05) is 13.1 Å². The van der Waals surface area contributed by atoms with Crippen LogP contribution in [0.15, 0.2) is 12.1 Å². The maximum Gasteiger partial charge on any atom is 0.317 e. The molecule has 0 aliphatic carbocycles. The first kappa shape index (κ1) is 10.8. The summed E-state index contributed by atoms with van der Waals surface area (Å²) in [5, 5.41) is 27.7. The number of phenols is 2. The van der Waals surface area contributed by atoms with Crippen molar-refractivity contribution >= 4 is 5.97 Å². The van der Waals surface area contributed by atoms with Crippen molar-refractivity contribution in [1.82, 2.24) is 4.90 Å². The number of aliphatic carboxylic acids is 1. The SMILES string of the molecule is O=C(O)CN1CCc2cc(O)cc(O)c2C1. The molecule has 0 unspecified atom stereocenters. The zero-order valence-electron chi connectivity index (χ0n) is 8.68. The number of phenolic OH excluding ortho intramolecular Hbond substituents is 2. The van der Waals surface area contributed by atoms with Crippen LogP contribution in [-0.4, -0.2) is 39.3 Å². The van der Waals surface area contributed by atoms with Gasteiger partial charge in [0, 0.05) is 24.7 Å². The van der Waals surface area contributed by atoms with E-state index in [2.05, 4.69) is 0 Å². The van der Waals surface area contributed by atoms with E-state index in [0.717, 1.165) is 5.56 Å². The highest BCUT2D eigenvalue weighted by atomic mass is 16.4. The van der Waals surface area contributed by atoms with Crippen LogP contribution in [0.1, 0.15) is 11.1 Å². The summed E-state index contributed by atoms with van der Waals surface area (Å²) in [4.78, 5) is 12.3. The predicted octanol–water partition coefficient (Wildman–Crippen LogP) is 0.540. The van der Waals surface area contributed by atoms with Crippen LogP contribution < -0.4 is 0 Å². The van der Waals surface area contributed by atoms with Crippen LogP contribution in [0.3, 0.4) is 0 Å². The van der Waals surface area contributed by atoms with Crippen molar-refractivity contribution in [1.29, 1.82) is 0 Å². The molecule has 0 atom stereocenters. The third-order valence-electron chi connectivity index (χ3n) is 2.74. The van der Waals surface area contributed by atoms with Crippen LogP contribution in [0.25, 0.3) is 0 Å². The molecule has 5 nitrogen and oxygen atoms in total. The normalized spacial score (nSPS) is 15.8. The number of carboxylic acid groups (broad SMARTS) is 1. The molecule has 0 saturated carbocycles. The molecule has 1 heterocycles. The van der Waals surface area contributed by atoms with Gasteiger partial charge in [0.2, 0.25) is 0 Å². The van der Waals surface area contributed by atoms with Crippen LogP contribution in [0.2, 0.25) is 0 Å². The fourth-order valence-corrected chi connectivity index (χ4v) is 2.01. The number of benzene rings is 1. The molecule has 0 spiro atoms. The van der Waals surface area contributed by atoms with E-state index in [0.29, 0.717) is 25.1 Å². The van der Waals surface area contributed by atoms with E-state index >= 15 is 0 Å². The summed E-state index contributed by atoms with van der Waals surface area (Å²) in [5.74, 6) is -0.797. The highest BCUT2D eigenvalue weighted by Crippen LogP contribution is 2.31. The lowest BCUT2D eigenvalue weighted by Crippen LogP contribution is -2.34. The topological polar surface area (TPSA) is 81.0 Å². The van der Waals surface area contributed by atoms with Gasteiger partial charge < -0.3 is 15.3 Å². The van der Waals surface area contributed by atoms with Crippen molar-refractivity contribution in [3.8, 4) is 11.5 Å². The smallest absolute Gasteiger partial charge is 0.317 e. The number of hydrogen-bond acceptors (Lipinski definition) is 4. The van der Waals surface area contributed by atoms with E-state index in [1.165, 1.54) is 6.07 Å². The monoisotopic (exact) mass is 223 g/mol. The van der Waals surface area contributed by atoms with Gasteiger partial charge in [0.15, 0.2) is 0 Å². The lowest BCUT2D eigenvalue weighted by atomic mass is 9.98. The summed E-state index contributed by atoms with van der Waals surface area (Å²) >= 11 is 0. The maximum absolute atomic E-state index is 10.6. The molecule has 0 aromatic heterocycles. The van der Waals surface area contributed by atoms with Crippen LogP contribution in [-0.2, 0) is 17.8 Å². The van der Waals surface area contributed by atoms with Gasteiger partial charge in [-0.25, -0.2) is 0 Å². The Kier molecular flexibility index (Phi) is 2.70. The zero-order chi connectivity index (χ0) is 11.7. The second-order valence-corrected chi connectivity index (χ2v) is 3.96. The molecule has 1 aliphatic rings. The van der Waals surface area contributed by atoms with Gasteiger partial charge in [-0.1, -0.05) is 0 Å². The fraction of sp³-hybridized carbons (Fsp3) is 0.364. The van der Waals surface area contributed by atoms with Gasteiger partial charge in [-0.3, -0.25) is 9.69 Å². The molecule has 0 amide bonds. The van der Waals surface area contributed by atoms with Gasteiger partial charge in [-0.2, -0.15) is 0 Å². The minimum Gasteiger partial charge on any atom is -0.508 e. The van der Waals surface area contributed by atoms with Crippen molar-refractivity contribution in [2.24, 2.45) is 0 Å². The quantitative estimate of drug-likeness (QED) is 0.681. The Hall–Kier alpha value is -1.75. The molecule has 0 radical (unpaired) electrons. The summed E-state index contributed by atoms with van der Waals surface area (Å²) in [5.41, 5.74) is 1.60. The highest BCUT2D eigenvalue weighted by Gasteiger charge is 2.21. The Morgan fingerprint density at radius 1 is 1.38 bits per heavy atom. The summed E-state index contributed by atoms with van der Waals surface area (Å²) in [6.45, 7) is 1.01. The second kappa shape index (κ2) is 4.02. The molecule has 0 saturated heterocycles. The van der Waals surface area contributed by atoms with E-state index in [9.17, 15) is 15.0 Å². The fourth-order valence-electron chi connectivity index (χ4n) is 2.01. The number of carboxylic acids is 1. The van der Waals surface area contributed by atoms with Crippen molar-refractivity contribution < 1.29 is 20.1 Å². The number of rotatable bonds is 2. The Bertz CT molecular complexity index is 430.